The Morgan fingerprint density at radius 3 is 2.48 bits per heavy atom. The predicted molar refractivity (Wildman–Crippen MR) is 88.6 cm³/mol. The maximum atomic E-state index is 11.7. The number of nitrogens with one attached hydrogen (secondary N) is 1. The highest BCUT2D eigenvalue weighted by Gasteiger charge is 2.18. The van der Waals surface area contributed by atoms with E-state index in [2.05, 4.69) is 22.0 Å². The van der Waals surface area contributed by atoms with Crippen LogP contribution in [-0.2, 0) is 4.79 Å². The monoisotopic (exact) mass is 290 g/mol. The molecule has 21 heavy (non-hydrogen) atoms. The van der Waals surface area contributed by atoms with Crippen LogP contribution in [0.4, 0.5) is 17.1 Å². The molecule has 5 heteroatoms. The lowest BCUT2D eigenvalue weighted by Gasteiger charge is -2.36. The number of piperazine rings is 1. The van der Waals surface area contributed by atoms with Crippen molar-refractivity contribution in [1.29, 1.82) is 0 Å². The van der Waals surface area contributed by atoms with E-state index in [-0.39, 0.29) is 11.8 Å². The summed E-state index contributed by atoms with van der Waals surface area (Å²) in [5.41, 5.74) is 8.72. The van der Waals surface area contributed by atoms with Gasteiger partial charge in [0.2, 0.25) is 5.91 Å². The fourth-order valence-corrected chi connectivity index (χ4v) is 2.51. The Hall–Kier alpha value is -1.75. The van der Waals surface area contributed by atoms with Crippen molar-refractivity contribution in [3.63, 3.8) is 0 Å². The molecule has 5 nitrogen and oxygen atoms in total. The second-order valence-corrected chi connectivity index (χ2v) is 5.84. The molecule has 0 bridgehead atoms. The summed E-state index contributed by atoms with van der Waals surface area (Å²) in [6.07, 6.45) is 0. The van der Waals surface area contributed by atoms with E-state index in [0.717, 1.165) is 49.8 Å². The molecule has 1 amide bonds. The number of carbonyl (C=O) groups is 1. The Morgan fingerprint density at radius 2 is 1.95 bits per heavy atom. The number of hydrogen-bond acceptors (Lipinski definition) is 4. The van der Waals surface area contributed by atoms with Gasteiger partial charge in [0.05, 0.1) is 11.4 Å². The number of amides is 1. The van der Waals surface area contributed by atoms with Gasteiger partial charge in [0, 0.05) is 37.8 Å². The summed E-state index contributed by atoms with van der Waals surface area (Å²) < 4.78 is 0. The molecule has 0 atom stereocenters. The first kappa shape index (κ1) is 15.6. The van der Waals surface area contributed by atoms with Crippen LogP contribution in [0, 0.1) is 5.92 Å². The lowest BCUT2D eigenvalue weighted by atomic mass is 10.1. The second kappa shape index (κ2) is 6.80. The quantitative estimate of drug-likeness (QED) is 0.833. The molecule has 0 spiro atoms. The summed E-state index contributed by atoms with van der Waals surface area (Å²) in [5, 5.41) is 2.88. The van der Waals surface area contributed by atoms with Crippen LogP contribution in [-0.4, -0.2) is 43.5 Å². The highest BCUT2D eigenvalue weighted by molar-refractivity contribution is 5.93. The first-order chi connectivity index (χ1) is 10.0. The molecule has 0 saturated carbocycles. The van der Waals surface area contributed by atoms with Crippen LogP contribution in [0.3, 0.4) is 0 Å². The maximum absolute atomic E-state index is 11.7. The van der Waals surface area contributed by atoms with Crippen molar-refractivity contribution in [1.82, 2.24) is 4.90 Å². The fraction of sp³-hybridized carbons (Fsp3) is 0.562. The average Bonchev–Trinajstić information content (AvgIpc) is 2.47. The summed E-state index contributed by atoms with van der Waals surface area (Å²) in [6, 6.07) is 5.78. The standard InChI is InChI=1S/C16H26N4O/c1-4-19-7-9-20(10-8-19)15-6-5-13(11-14(15)17)18-16(21)12(2)3/h5-6,11-12H,4,7-10,17H2,1-3H3,(H,18,21). The number of benzene rings is 1. The molecular weight excluding hydrogens is 264 g/mol. The maximum Gasteiger partial charge on any atom is 0.226 e. The summed E-state index contributed by atoms with van der Waals surface area (Å²) in [4.78, 5) is 16.5. The summed E-state index contributed by atoms with van der Waals surface area (Å²) in [7, 11) is 0. The number of nitrogens with zero attached hydrogens (tertiary/aromatic N) is 2. The van der Waals surface area contributed by atoms with Gasteiger partial charge >= 0.3 is 0 Å². The number of nitrogens with two attached hydrogens (primary N) is 1. The molecule has 1 aromatic carbocycles. The highest BCUT2D eigenvalue weighted by atomic mass is 16.1. The van der Waals surface area contributed by atoms with Gasteiger partial charge in [-0.25, -0.2) is 0 Å². The molecule has 1 aliphatic heterocycles. The largest absolute Gasteiger partial charge is 0.397 e. The Bertz CT molecular complexity index is 493. The smallest absolute Gasteiger partial charge is 0.226 e. The Labute approximate surface area is 127 Å². The molecule has 116 valence electrons. The number of likely N-dealkylation sites (N-methyl/N-ethyl adjacent to an activating group) is 1. The van der Waals surface area contributed by atoms with E-state index >= 15 is 0 Å². The predicted octanol–water partition coefficient (Wildman–Crippen LogP) is 2.01. The molecular formula is C16H26N4O. The van der Waals surface area contributed by atoms with Crippen LogP contribution >= 0.6 is 0 Å². The lowest BCUT2D eigenvalue weighted by molar-refractivity contribution is -0.118. The fourth-order valence-electron chi connectivity index (χ4n) is 2.51. The summed E-state index contributed by atoms with van der Waals surface area (Å²) >= 11 is 0. The van der Waals surface area contributed by atoms with Gasteiger partial charge in [0.25, 0.3) is 0 Å². The van der Waals surface area contributed by atoms with Crippen molar-refractivity contribution in [2.45, 2.75) is 20.8 Å². The minimum atomic E-state index is -0.0342. The number of nitrogen functional groups attached to an aromatic ring is 1. The van der Waals surface area contributed by atoms with Crippen molar-refractivity contribution in [2.24, 2.45) is 5.92 Å². The third-order valence-electron chi connectivity index (χ3n) is 3.98. The molecule has 0 radical (unpaired) electrons. The van der Waals surface area contributed by atoms with Gasteiger partial charge in [-0.05, 0) is 24.7 Å². The van der Waals surface area contributed by atoms with E-state index in [1.165, 1.54) is 0 Å². The topological polar surface area (TPSA) is 61.6 Å². The van der Waals surface area contributed by atoms with Gasteiger partial charge < -0.3 is 20.9 Å². The van der Waals surface area contributed by atoms with Gasteiger partial charge in [-0.2, -0.15) is 0 Å². The van der Waals surface area contributed by atoms with E-state index in [1.54, 1.807) is 0 Å². The van der Waals surface area contributed by atoms with E-state index in [0.29, 0.717) is 0 Å². The Morgan fingerprint density at radius 1 is 1.29 bits per heavy atom. The van der Waals surface area contributed by atoms with E-state index in [9.17, 15) is 4.79 Å². The van der Waals surface area contributed by atoms with Crippen LogP contribution < -0.4 is 16.0 Å². The Kier molecular flexibility index (Phi) is 5.07. The van der Waals surface area contributed by atoms with Crippen LogP contribution in [0.15, 0.2) is 18.2 Å². The van der Waals surface area contributed by atoms with Crippen LogP contribution in [0.2, 0.25) is 0 Å². The van der Waals surface area contributed by atoms with Crippen molar-refractivity contribution in [2.75, 3.05) is 48.7 Å². The number of hydrogen-bond donors (Lipinski definition) is 2. The number of carbonyl (C=O) groups excluding carboxylic acids is 1. The zero-order valence-corrected chi connectivity index (χ0v) is 13.2. The average molecular weight is 290 g/mol. The normalized spacial score (nSPS) is 16.3. The molecule has 1 fully saturated rings. The molecule has 1 saturated heterocycles. The number of rotatable bonds is 4. The molecule has 0 aromatic heterocycles. The van der Waals surface area contributed by atoms with Gasteiger partial charge in [0.15, 0.2) is 0 Å². The minimum Gasteiger partial charge on any atom is -0.397 e. The van der Waals surface area contributed by atoms with Gasteiger partial charge in [-0.1, -0.05) is 20.8 Å². The molecule has 1 heterocycles. The van der Waals surface area contributed by atoms with Crippen molar-refractivity contribution in [3.8, 4) is 0 Å². The summed E-state index contributed by atoms with van der Waals surface area (Å²) in [5.74, 6) is -0.0215. The minimum absolute atomic E-state index is 0.0127. The third kappa shape index (κ3) is 3.88. The highest BCUT2D eigenvalue weighted by Crippen LogP contribution is 2.27. The first-order valence-corrected chi connectivity index (χ1v) is 7.69. The number of anilines is 3. The Balaban J connectivity index is 2.04. The third-order valence-corrected chi connectivity index (χ3v) is 3.98. The van der Waals surface area contributed by atoms with Crippen molar-refractivity contribution < 1.29 is 4.79 Å². The molecule has 1 aliphatic rings. The van der Waals surface area contributed by atoms with Crippen LogP contribution in [0.1, 0.15) is 20.8 Å². The second-order valence-electron chi connectivity index (χ2n) is 5.84. The van der Waals surface area contributed by atoms with Crippen LogP contribution in [0.25, 0.3) is 0 Å². The van der Waals surface area contributed by atoms with E-state index < -0.39 is 0 Å². The molecule has 0 unspecified atom stereocenters. The molecule has 3 N–H and O–H groups in total. The van der Waals surface area contributed by atoms with Gasteiger partial charge in [0.1, 0.15) is 0 Å². The molecule has 2 rings (SSSR count). The van der Waals surface area contributed by atoms with Gasteiger partial charge in [-0.3, -0.25) is 4.79 Å². The molecule has 1 aromatic rings. The lowest BCUT2D eigenvalue weighted by Crippen LogP contribution is -2.46. The molecule has 0 aliphatic carbocycles. The zero-order chi connectivity index (χ0) is 15.4. The first-order valence-electron chi connectivity index (χ1n) is 7.69. The SMILES string of the molecule is CCN1CCN(c2ccc(NC(=O)C(C)C)cc2N)CC1. The summed E-state index contributed by atoms with van der Waals surface area (Å²) in [6.45, 7) is 11.2. The van der Waals surface area contributed by atoms with E-state index in [1.807, 2.05) is 32.0 Å². The van der Waals surface area contributed by atoms with Crippen molar-refractivity contribution in [3.05, 3.63) is 18.2 Å². The van der Waals surface area contributed by atoms with Gasteiger partial charge in [-0.15, -0.1) is 0 Å². The zero-order valence-electron chi connectivity index (χ0n) is 13.2. The van der Waals surface area contributed by atoms with Crippen molar-refractivity contribution >= 4 is 23.0 Å². The van der Waals surface area contributed by atoms with Crippen LogP contribution in [0.5, 0.6) is 0 Å². The van der Waals surface area contributed by atoms with E-state index in [4.69, 9.17) is 5.73 Å².